The van der Waals surface area contributed by atoms with Crippen molar-refractivity contribution < 1.29 is 19.0 Å². The van der Waals surface area contributed by atoms with Crippen LogP contribution in [0.2, 0.25) is 0 Å². The van der Waals surface area contributed by atoms with Crippen molar-refractivity contribution in [3.05, 3.63) is 24.8 Å². The van der Waals surface area contributed by atoms with Gasteiger partial charge in [0.15, 0.2) is 0 Å². The number of phenols is 1. The van der Waals surface area contributed by atoms with E-state index in [-0.39, 0.29) is 11.3 Å². The molecule has 0 fully saturated rings. The largest absolute Gasteiger partial charge is 0.506 e. The molecule has 16 heavy (non-hydrogen) atoms. The number of aromatic hydroxyl groups is 1. The predicted molar refractivity (Wildman–Crippen MR) is 72.5 cm³/mol. The summed E-state index contributed by atoms with van der Waals surface area (Å²) in [5, 5.41) is 18.0. The minimum absolute atomic E-state index is 0.0458. The second-order valence-corrected chi connectivity index (χ2v) is 5.55. The van der Waals surface area contributed by atoms with Crippen molar-refractivity contribution in [1.82, 2.24) is 0 Å². The molecular weight excluding hydrogens is 446 g/mol. The zero-order valence-electron chi connectivity index (χ0n) is 7.92. The van der Waals surface area contributed by atoms with E-state index in [0.717, 1.165) is 0 Å². The summed E-state index contributed by atoms with van der Waals surface area (Å²) in [5.74, 6) is -3.33. The molecule has 3 nitrogen and oxygen atoms in total. The van der Waals surface area contributed by atoms with Gasteiger partial charge in [-0.1, -0.05) is 0 Å². The van der Waals surface area contributed by atoms with Crippen LogP contribution in [0.1, 0.15) is 11.6 Å². The SMILES string of the molecule is N[C@@H](c1cc(I)c(O)c(I)c1)C(F)(F)CO. The molecule has 4 N–H and O–H groups in total. The lowest BCUT2D eigenvalue weighted by Gasteiger charge is -2.22. The lowest BCUT2D eigenvalue weighted by atomic mass is 10.0. The summed E-state index contributed by atoms with van der Waals surface area (Å²) in [6, 6.07) is 1.18. The molecule has 0 aliphatic carbocycles. The molecule has 1 aromatic carbocycles. The molecule has 0 unspecified atom stereocenters. The number of halogens is 4. The molecule has 0 aromatic heterocycles. The first-order valence-corrected chi connectivity index (χ1v) is 6.37. The molecule has 0 spiro atoms. The molecule has 0 saturated carbocycles. The Morgan fingerprint density at radius 3 is 2.12 bits per heavy atom. The quantitative estimate of drug-likeness (QED) is 0.614. The van der Waals surface area contributed by atoms with Gasteiger partial charge in [0.05, 0.1) is 13.2 Å². The molecule has 7 heteroatoms. The van der Waals surface area contributed by atoms with Crippen LogP contribution in [-0.4, -0.2) is 22.7 Å². The average molecular weight is 455 g/mol. The summed E-state index contributed by atoms with van der Waals surface area (Å²) in [5.41, 5.74) is 5.56. The number of phenolic OH excluding ortho intramolecular Hbond substituents is 1. The smallest absolute Gasteiger partial charge is 0.289 e. The van der Waals surface area contributed by atoms with Crippen molar-refractivity contribution in [2.45, 2.75) is 12.0 Å². The van der Waals surface area contributed by atoms with Gasteiger partial charge in [-0.3, -0.25) is 0 Å². The van der Waals surface area contributed by atoms with E-state index in [4.69, 9.17) is 10.8 Å². The van der Waals surface area contributed by atoms with Crippen LogP contribution in [0.4, 0.5) is 8.78 Å². The summed E-state index contributed by atoms with van der Waals surface area (Å²) in [4.78, 5) is 0. The van der Waals surface area contributed by atoms with Crippen LogP contribution in [0.25, 0.3) is 0 Å². The Morgan fingerprint density at radius 1 is 1.31 bits per heavy atom. The summed E-state index contributed by atoms with van der Waals surface area (Å²) in [7, 11) is 0. The van der Waals surface area contributed by atoms with Crippen molar-refractivity contribution >= 4 is 45.2 Å². The van der Waals surface area contributed by atoms with Gasteiger partial charge in [-0.05, 0) is 62.9 Å². The van der Waals surface area contributed by atoms with E-state index in [1.807, 2.05) is 45.2 Å². The van der Waals surface area contributed by atoms with Crippen LogP contribution < -0.4 is 5.73 Å². The molecule has 1 atom stereocenters. The second-order valence-electron chi connectivity index (χ2n) is 3.23. The van der Waals surface area contributed by atoms with E-state index in [9.17, 15) is 13.9 Å². The van der Waals surface area contributed by atoms with Crippen LogP contribution in [0.5, 0.6) is 5.75 Å². The van der Waals surface area contributed by atoms with Gasteiger partial charge >= 0.3 is 0 Å². The highest BCUT2D eigenvalue weighted by molar-refractivity contribution is 14.1. The van der Waals surface area contributed by atoms with E-state index < -0.39 is 18.6 Å². The first-order chi connectivity index (χ1) is 7.29. The topological polar surface area (TPSA) is 66.5 Å². The molecule has 90 valence electrons. The zero-order chi connectivity index (χ0) is 12.5. The van der Waals surface area contributed by atoms with E-state index in [1.165, 1.54) is 12.1 Å². The third kappa shape index (κ3) is 2.93. The molecule has 0 aliphatic heterocycles. The van der Waals surface area contributed by atoms with Crippen molar-refractivity contribution in [1.29, 1.82) is 0 Å². The van der Waals surface area contributed by atoms with Gasteiger partial charge in [0.25, 0.3) is 5.92 Å². The van der Waals surface area contributed by atoms with Crippen LogP contribution in [0.15, 0.2) is 12.1 Å². The van der Waals surface area contributed by atoms with Crippen molar-refractivity contribution in [3.63, 3.8) is 0 Å². The molecular formula is C9H9F2I2NO2. The van der Waals surface area contributed by atoms with E-state index in [1.54, 1.807) is 0 Å². The lowest BCUT2D eigenvalue weighted by Crippen LogP contribution is -2.36. The van der Waals surface area contributed by atoms with E-state index in [2.05, 4.69) is 0 Å². The maximum absolute atomic E-state index is 13.2. The number of benzene rings is 1. The van der Waals surface area contributed by atoms with Gasteiger partial charge < -0.3 is 15.9 Å². The number of aliphatic hydroxyl groups excluding tert-OH is 1. The maximum Gasteiger partial charge on any atom is 0.289 e. The number of alkyl halides is 2. The molecule has 0 radical (unpaired) electrons. The number of hydrogen-bond acceptors (Lipinski definition) is 3. The van der Waals surface area contributed by atoms with Gasteiger partial charge in [-0.25, -0.2) is 8.78 Å². The van der Waals surface area contributed by atoms with Crippen molar-refractivity contribution in [3.8, 4) is 5.75 Å². The fraction of sp³-hybridized carbons (Fsp3) is 0.333. The minimum atomic E-state index is -3.37. The highest BCUT2D eigenvalue weighted by atomic mass is 127. The van der Waals surface area contributed by atoms with Crippen molar-refractivity contribution in [2.75, 3.05) is 6.61 Å². The van der Waals surface area contributed by atoms with Crippen LogP contribution >= 0.6 is 45.2 Å². The van der Waals surface area contributed by atoms with E-state index in [0.29, 0.717) is 7.14 Å². The Labute approximate surface area is 118 Å². The summed E-state index contributed by atoms with van der Waals surface area (Å²) in [6.45, 7) is -1.30. The molecule has 0 aliphatic rings. The molecule has 0 amide bonds. The van der Waals surface area contributed by atoms with Gasteiger partial charge in [0.2, 0.25) is 0 Å². The van der Waals surface area contributed by atoms with Crippen LogP contribution in [0.3, 0.4) is 0 Å². The average Bonchev–Trinajstić information content (AvgIpc) is 2.24. The fourth-order valence-corrected chi connectivity index (χ4v) is 2.92. The number of rotatable bonds is 3. The molecule has 0 saturated heterocycles. The summed E-state index contributed by atoms with van der Waals surface area (Å²) < 4.78 is 27.2. The van der Waals surface area contributed by atoms with Crippen molar-refractivity contribution in [2.24, 2.45) is 5.73 Å². The fourth-order valence-electron chi connectivity index (χ4n) is 1.11. The van der Waals surface area contributed by atoms with E-state index >= 15 is 0 Å². The third-order valence-corrected chi connectivity index (χ3v) is 3.71. The first kappa shape index (κ1) is 14.3. The predicted octanol–water partition coefficient (Wildman–Crippen LogP) is 2.23. The van der Waals surface area contributed by atoms with Crippen LogP contribution in [0, 0.1) is 7.14 Å². The number of nitrogens with two attached hydrogens (primary N) is 1. The first-order valence-electron chi connectivity index (χ1n) is 4.21. The molecule has 0 heterocycles. The molecule has 0 bridgehead atoms. The minimum Gasteiger partial charge on any atom is -0.506 e. The Kier molecular flexibility index (Phi) is 4.72. The van der Waals surface area contributed by atoms with Crippen LogP contribution in [-0.2, 0) is 0 Å². The van der Waals surface area contributed by atoms with Gasteiger partial charge in [-0.15, -0.1) is 0 Å². The summed E-state index contributed by atoms with van der Waals surface area (Å²) >= 11 is 3.66. The number of aliphatic hydroxyl groups is 1. The highest BCUT2D eigenvalue weighted by Gasteiger charge is 2.37. The van der Waals surface area contributed by atoms with Gasteiger partial charge in [0, 0.05) is 0 Å². The Balaban J connectivity index is 3.15. The number of hydrogen-bond donors (Lipinski definition) is 3. The Morgan fingerprint density at radius 2 is 1.75 bits per heavy atom. The third-order valence-electron chi connectivity index (χ3n) is 2.06. The molecule has 1 rings (SSSR count). The second kappa shape index (κ2) is 5.27. The standard InChI is InChI=1S/C9H9F2I2NO2/c10-9(11,3-15)8(14)4-1-5(12)7(16)6(13)2-4/h1-2,8,15-16H,3,14H2/t8-/m0/s1. The lowest BCUT2D eigenvalue weighted by molar-refractivity contribution is -0.0712. The Hall–Kier alpha value is 0.260. The summed E-state index contributed by atoms with van der Waals surface area (Å²) in [6.07, 6.45) is 0. The van der Waals surface area contributed by atoms with Gasteiger partial charge in [-0.2, -0.15) is 0 Å². The highest BCUT2D eigenvalue weighted by Crippen LogP contribution is 2.34. The monoisotopic (exact) mass is 455 g/mol. The normalized spacial score (nSPS) is 13.9. The molecule has 1 aromatic rings. The maximum atomic E-state index is 13.2. The Bertz CT molecular complexity index is 378. The van der Waals surface area contributed by atoms with Gasteiger partial charge in [0.1, 0.15) is 12.4 Å². The zero-order valence-corrected chi connectivity index (χ0v) is 12.2.